The van der Waals surface area contributed by atoms with Crippen LogP contribution in [0.3, 0.4) is 0 Å². The van der Waals surface area contributed by atoms with Gasteiger partial charge in [-0.1, -0.05) is 30.3 Å². The fourth-order valence-electron chi connectivity index (χ4n) is 5.19. The molecular formula is C20H20O3S. The van der Waals surface area contributed by atoms with Crippen LogP contribution >= 0.6 is 11.8 Å². The summed E-state index contributed by atoms with van der Waals surface area (Å²) in [4.78, 5) is 26.0. The molecular weight excluding hydrogens is 320 g/mol. The smallest absolute Gasteiger partial charge is 0.168 e. The van der Waals surface area contributed by atoms with Crippen molar-refractivity contribution in [2.45, 2.75) is 30.6 Å². The van der Waals surface area contributed by atoms with Crippen LogP contribution in [0.4, 0.5) is 0 Å². The summed E-state index contributed by atoms with van der Waals surface area (Å²) < 4.78 is 6.16. The normalized spacial score (nSPS) is 37.7. The highest BCUT2D eigenvalue weighted by Crippen LogP contribution is 2.56. The molecule has 1 saturated carbocycles. The van der Waals surface area contributed by atoms with Crippen LogP contribution in [-0.2, 0) is 4.74 Å². The molecule has 0 unspecified atom stereocenters. The number of carbonyl (C=O) groups is 2. The Kier molecular flexibility index (Phi) is 3.29. The van der Waals surface area contributed by atoms with Gasteiger partial charge in [-0.3, -0.25) is 9.59 Å². The van der Waals surface area contributed by atoms with Crippen LogP contribution in [-0.4, -0.2) is 28.9 Å². The summed E-state index contributed by atoms with van der Waals surface area (Å²) in [5.74, 6) is 1.16. The van der Waals surface area contributed by atoms with Gasteiger partial charge < -0.3 is 4.74 Å². The van der Waals surface area contributed by atoms with E-state index in [0.717, 1.165) is 31.6 Å². The van der Waals surface area contributed by atoms with E-state index < -0.39 is 0 Å². The Bertz CT molecular complexity index is 760. The molecule has 1 saturated heterocycles. The molecule has 1 spiro atoms. The van der Waals surface area contributed by atoms with Gasteiger partial charge in [-0.2, -0.15) is 0 Å². The Morgan fingerprint density at radius 1 is 1.08 bits per heavy atom. The molecule has 0 radical (unpaired) electrons. The van der Waals surface area contributed by atoms with E-state index in [-0.39, 0.29) is 34.3 Å². The lowest BCUT2D eigenvalue weighted by Gasteiger charge is -2.47. The highest BCUT2D eigenvalue weighted by molar-refractivity contribution is 8.00. The molecule has 0 N–H and O–H groups in total. The molecule has 5 rings (SSSR count). The largest absolute Gasteiger partial charge is 0.360 e. The van der Waals surface area contributed by atoms with Crippen molar-refractivity contribution in [1.82, 2.24) is 0 Å². The van der Waals surface area contributed by atoms with Crippen molar-refractivity contribution in [2.75, 3.05) is 12.4 Å². The van der Waals surface area contributed by atoms with Crippen molar-refractivity contribution >= 4 is 23.3 Å². The summed E-state index contributed by atoms with van der Waals surface area (Å²) in [5, 5.41) is 0. The molecule has 4 aliphatic rings. The van der Waals surface area contributed by atoms with E-state index >= 15 is 0 Å². The summed E-state index contributed by atoms with van der Waals surface area (Å²) >= 11 is 1.89. The van der Waals surface area contributed by atoms with Gasteiger partial charge in [-0.15, -0.1) is 11.8 Å². The van der Waals surface area contributed by atoms with Crippen LogP contribution in [0.25, 0.3) is 0 Å². The Balaban J connectivity index is 1.61. The molecule has 24 heavy (non-hydrogen) atoms. The van der Waals surface area contributed by atoms with Gasteiger partial charge in [-0.05, 0) is 37.2 Å². The van der Waals surface area contributed by atoms with Gasteiger partial charge in [0.25, 0.3) is 0 Å². The minimum absolute atomic E-state index is 0.158. The monoisotopic (exact) mass is 340 g/mol. The van der Waals surface area contributed by atoms with Gasteiger partial charge in [0.05, 0.1) is 6.61 Å². The minimum atomic E-state index is -0.214. The molecule has 1 aromatic rings. The standard InChI is InChI=1S/C20H20O3S/c21-18-12-4-1-2-5-13(12)19(22)17-14-6-3-9-20(23-10-11-24-20)16(14)8-7-15(17)18/h1-2,4-5,8,14-15,17H,3,6-7,9-11H2/t14-,15+,17-,20-/m1/s1. The maximum Gasteiger partial charge on any atom is 0.168 e. The lowest BCUT2D eigenvalue weighted by atomic mass is 9.59. The van der Waals surface area contributed by atoms with Crippen molar-refractivity contribution in [3.05, 3.63) is 47.0 Å². The van der Waals surface area contributed by atoms with Crippen molar-refractivity contribution in [3.63, 3.8) is 0 Å². The Labute approximate surface area is 145 Å². The van der Waals surface area contributed by atoms with Gasteiger partial charge in [0.2, 0.25) is 0 Å². The summed E-state index contributed by atoms with van der Waals surface area (Å²) in [6, 6.07) is 7.35. The zero-order valence-corrected chi connectivity index (χ0v) is 14.3. The lowest BCUT2D eigenvalue weighted by molar-refractivity contribution is 0.0298. The topological polar surface area (TPSA) is 43.4 Å². The molecule has 4 heteroatoms. The number of allylic oxidation sites excluding steroid dienone is 1. The van der Waals surface area contributed by atoms with Crippen LogP contribution in [0, 0.1) is 17.8 Å². The number of fused-ring (bicyclic) bond motifs is 5. The van der Waals surface area contributed by atoms with Crippen molar-refractivity contribution in [1.29, 1.82) is 0 Å². The number of Topliss-reactive ketones (excluding diaryl/α,β-unsaturated/α-hetero) is 2. The minimum Gasteiger partial charge on any atom is -0.360 e. The molecule has 3 nitrogen and oxygen atoms in total. The second kappa shape index (κ2) is 5.30. The molecule has 2 fully saturated rings. The first kappa shape index (κ1) is 14.9. The molecule has 0 aromatic heterocycles. The predicted molar refractivity (Wildman–Crippen MR) is 93.3 cm³/mol. The molecule has 1 aliphatic heterocycles. The number of hydrogen-bond donors (Lipinski definition) is 0. The maximum absolute atomic E-state index is 13.2. The fourth-order valence-corrected chi connectivity index (χ4v) is 6.54. The first-order chi connectivity index (χ1) is 11.7. The van der Waals surface area contributed by atoms with Gasteiger partial charge in [0.1, 0.15) is 4.93 Å². The third-order valence-electron chi connectivity index (χ3n) is 6.17. The first-order valence-electron chi connectivity index (χ1n) is 8.87. The summed E-state index contributed by atoms with van der Waals surface area (Å²) in [7, 11) is 0. The number of thioether (sulfide) groups is 1. The third kappa shape index (κ3) is 1.90. The summed E-state index contributed by atoms with van der Waals surface area (Å²) in [6.07, 6.45) is 6.03. The van der Waals surface area contributed by atoms with Crippen LogP contribution in [0.5, 0.6) is 0 Å². The first-order valence-corrected chi connectivity index (χ1v) is 9.86. The van der Waals surface area contributed by atoms with Gasteiger partial charge in [0, 0.05) is 28.7 Å². The van der Waals surface area contributed by atoms with E-state index in [9.17, 15) is 9.59 Å². The number of ether oxygens (including phenoxy) is 1. The second-order valence-corrected chi connectivity index (χ2v) is 8.61. The molecule has 0 amide bonds. The van der Waals surface area contributed by atoms with Gasteiger partial charge in [-0.25, -0.2) is 0 Å². The SMILES string of the molecule is O=C1c2ccccc2C(=O)[C@H]2CC=C3[C@@H](CCC[C@]34OCCS4)[C@@H]12. The number of ketones is 2. The maximum atomic E-state index is 13.2. The second-order valence-electron chi connectivity index (χ2n) is 7.25. The van der Waals surface area contributed by atoms with Crippen molar-refractivity contribution in [2.24, 2.45) is 17.8 Å². The van der Waals surface area contributed by atoms with Crippen LogP contribution in [0.2, 0.25) is 0 Å². The number of rotatable bonds is 0. The number of hydrogen-bond acceptors (Lipinski definition) is 4. The molecule has 1 aromatic carbocycles. The molecule has 4 atom stereocenters. The van der Waals surface area contributed by atoms with Crippen LogP contribution < -0.4 is 0 Å². The zero-order valence-electron chi connectivity index (χ0n) is 13.5. The van der Waals surface area contributed by atoms with Gasteiger partial charge >= 0.3 is 0 Å². The van der Waals surface area contributed by atoms with E-state index in [1.807, 2.05) is 36.0 Å². The van der Waals surface area contributed by atoms with E-state index in [1.54, 1.807) is 0 Å². The summed E-state index contributed by atoms with van der Waals surface area (Å²) in [5.41, 5.74) is 2.56. The van der Waals surface area contributed by atoms with Crippen LogP contribution in [0.1, 0.15) is 46.4 Å². The van der Waals surface area contributed by atoms with E-state index in [4.69, 9.17) is 4.74 Å². The highest BCUT2D eigenvalue weighted by atomic mass is 32.2. The third-order valence-corrected chi connectivity index (χ3v) is 7.57. The predicted octanol–water partition coefficient (Wildman–Crippen LogP) is 3.89. The number of benzene rings is 1. The Hall–Kier alpha value is -1.39. The van der Waals surface area contributed by atoms with E-state index in [0.29, 0.717) is 17.5 Å². The Morgan fingerprint density at radius 3 is 2.62 bits per heavy atom. The molecule has 3 aliphatic carbocycles. The quantitative estimate of drug-likeness (QED) is 0.672. The lowest BCUT2D eigenvalue weighted by Crippen LogP contribution is -2.48. The Morgan fingerprint density at radius 2 is 1.88 bits per heavy atom. The fraction of sp³-hybridized carbons (Fsp3) is 0.500. The number of carbonyl (C=O) groups excluding carboxylic acids is 2. The van der Waals surface area contributed by atoms with E-state index in [1.165, 1.54) is 5.57 Å². The summed E-state index contributed by atoms with van der Waals surface area (Å²) in [6.45, 7) is 0.790. The highest BCUT2D eigenvalue weighted by Gasteiger charge is 2.54. The average molecular weight is 340 g/mol. The van der Waals surface area contributed by atoms with Crippen LogP contribution in [0.15, 0.2) is 35.9 Å². The molecule has 1 heterocycles. The van der Waals surface area contributed by atoms with Crippen molar-refractivity contribution < 1.29 is 14.3 Å². The zero-order chi connectivity index (χ0) is 16.3. The van der Waals surface area contributed by atoms with Gasteiger partial charge in [0.15, 0.2) is 11.6 Å². The van der Waals surface area contributed by atoms with E-state index in [2.05, 4.69) is 6.08 Å². The van der Waals surface area contributed by atoms with Crippen molar-refractivity contribution in [3.8, 4) is 0 Å². The molecule has 0 bridgehead atoms. The molecule has 124 valence electrons. The average Bonchev–Trinajstić information content (AvgIpc) is 3.08.